The fourth-order valence-electron chi connectivity index (χ4n) is 6.25. The van der Waals surface area contributed by atoms with Crippen molar-refractivity contribution < 1.29 is 0 Å². The van der Waals surface area contributed by atoms with Gasteiger partial charge in [-0.15, -0.1) is 0 Å². The molecule has 2 aliphatic heterocycles. The fraction of sp³-hybridized carbons (Fsp3) is 0.321. The Labute approximate surface area is 186 Å². The molecule has 0 saturated carbocycles. The number of likely N-dealkylation sites (N-methyl/N-ethyl adjacent to an activating group) is 2. The first-order valence-electron chi connectivity index (χ1n) is 11.1. The summed E-state index contributed by atoms with van der Waals surface area (Å²) in [6.45, 7) is 7.16. The number of nitrogens with zero attached hydrogens (tertiary/aromatic N) is 3. The van der Waals surface area contributed by atoms with E-state index < -0.39 is 0 Å². The molecule has 0 aliphatic carbocycles. The van der Waals surface area contributed by atoms with Crippen molar-refractivity contribution in [3.63, 3.8) is 0 Å². The summed E-state index contributed by atoms with van der Waals surface area (Å²) < 4.78 is 0.677. The molecule has 3 heteroatoms. The van der Waals surface area contributed by atoms with Crippen LogP contribution in [0, 0.1) is 0 Å². The first-order chi connectivity index (χ1) is 14.7. The second kappa shape index (κ2) is 6.54. The fourth-order valence-corrected chi connectivity index (χ4v) is 6.25. The van der Waals surface area contributed by atoms with E-state index in [0.717, 1.165) is 12.2 Å². The SMILES string of the molecule is CN1/C(=C2/C(C)(Cc3ccccc3)c3cccnc3[N+]2(C)C)C(C)(C)c2ccccc21. The number of allylic oxidation sites excluding steroid dienone is 2. The summed E-state index contributed by atoms with van der Waals surface area (Å²) in [5, 5.41) is 0. The van der Waals surface area contributed by atoms with Gasteiger partial charge in [-0.1, -0.05) is 48.5 Å². The van der Waals surface area contributed by atoms with E-state index in [2.05, 4.69) is 114 Å². The molecule has 0 amide bonds. The molecule has 0 saturated heterocycles. The van der Waals surface area contributed by atoms with Crippen LogP contribution in [0.25, 0.3) is 0 Å². The molecular weight excluding hydrogens is 378 g/mol. The summed E-state index contributed by atoms with van der Waals surface area (Å²) in [5.74, 6) is 1.16. The molecule has 2 aliphatic rings. The molecule has 1 atom stereocenters. The Morgan fingerprint density at radius 1 is 0.839 bits per heavy atom. The minimum atomic E-state index is -0.155. The zero-order valence-corrected chi connectivity index (χ0v) is 19.5. The van der Waals surface area contributed by atoms with E-state index in [-0.39, 0.29) is 10.8 Å². The number of para-hydroxylation sites is 1. The van der Waals surface area contributed by atoms with E-state index in [0.29, 0.717) is 4.48 Å². The molecule has 3 nitrogen and oxygen atoms in total. The Morgan fingerprint density at radius 3 is 2.19 bits per heavy atom. The lowest BCUT2D eigenvalue weighted by Crippen LogP contribution is -2.46. The van der Waals surface area contributed by atoms with Gasteiger partial charge < -0.3 is 4.90 Å². The lowest BCUT2D eigenvalue weighted by molar-refractivity contribution is 0.402. The predicted octanol–water partition coefficient (Wildman–Crippen LogP) is 5.80. The van der Waals surface area contributed by atoms with Gasteiger partial charge in [0, 0.05) is 24.3 Å². The average molecular weight is 411 g/mol. The van der Waals surface area contributed by atoms with Crippen molar-refractivity contribution >= 4 is 11.5 Å². The van der Waals surface area contributed by atoms with Crippen molar-refractivity contribution in [1.82, 2.24) is 9.47 Å². The number of aromatic nitrogens is 1. The van der Waals surface area contributed by atoms with Gasteiger partial charge in [-0.25, -0.2) is 9.47 Å². The Bertz CT molecular complexity index is 1190. The molecule has 1 unspecified atom stereocenters. The third kappa shape index (κ3) is 2.66. The van der Waals surface area contributed by atoms with Gasteiger partial charge >= 0.3 is 0 Å². The van der Waals surface area contributed by atoms with E-state index in [4.69, 9.17) is 4.98 Å². The van der Waals surface area contributed by atoms with Crippen LogP contribution in [0.15, 0.2) is 84.3 Å². The van der Waals surface area contributed by atoms with Crippen LogP contribution in [-0.2, 0) is 17.3 Å². The normalized spacial score (nSPS) is 25.4. The van der Waals surface area contributed by atoms with Crippen LogP contribution in [0.3, 0.4) is 0 Å². The Kier molecular flexibility index (Phi) is 4.22. The third-order valence-corrected chi connectivity index (χ3v) is 7.48. The first kappa shape index (κ1) is 20.0. The zero-order chi connectivity index (χ0) is 22.0. The highest BCUT2D eigenvalue weighted by atomic mass is 15.4. The van der Waals surface area contributed by atoms with Crippen LogP contribution in [0.1, 0.15) is 37.5 Å². The number of hydrogen-bond donors (Lipinski definition) is 0. The van der Waals surface area contributed by atoms with Crippen LogP contribution in [0.2, 0.25) is 0 Å². The first-order valence-corrected chi connectivity index (χ1v) is 11.1. The number of benzene rings is 2. The van der Waals surface area contributed by atoms with Gasteiger partial charge in [0.1, 0.15) is 5.70 Å². The number of rotatable bonds is 2. The summed E-state index contributed by atoms with van der Waals surface area (Å²) in [7, 11) is 6.84. The van der Waals surface area contributed by atoms with Crippen LogP contribution >= 0.6 is 0 Å². The Morgan fingerprint density at radius 2 is 1.48 bits per heavy atom. The number of hydrogen-bond acceptors (Lipinski definition) is 2. The molecule has 0 N–H and O–H groups in total. The predicted molar refractivity (Wildman–Crippen MR) is 130 cm³/mol. The van der Waals surface area contributed by atoms with E-state index in [9.17, 15) is 0 Å². The van der Waals surface area contributed by atoms with Crippen molar-refractivity contribution in [2.75, 3.05) is 26.0 Å². The second-order valence-electron chi connectivity index (χ2n) is 10.2. The highest BCUT2D eigenvalue weighted by Gasteiger charge is 2.58. The van der Waals surface area contributed by atoms with Crippen molar-refractivity contribution in [3.8, 4) is 0 Å². The largest absolute Gasteiger partial charge is 0.342 e. The molecule has 2 aromatic carbocycles. The lowest BCUT2D eigenvalue weighted by Gasteiger charge is -2.37. The molecule has 0 spiro atoms. The Hall–Kier alpha value is -2.91. The molecule has 31 heavy (non-hydrogen) atoms. The highest BCUT2D eigenvalue weighted by Crippen LogP contribution is 2.58. The van der Waals surface area contributed by atoms with Gasteiger partial charge in [-0.2, -0.15) is 0 Å². The molecule has 0 fully saturated rings. The minimum Gasteiger partial charge on any atom is -0.342 e. The summed E-state index contributed by atoms with van der Waals surface area (Å²) in [6, 6.07) is 24.1. The van der Waals surface area contributed by atoms with Gasteiger partial charge in [0.05, 0.1) is 30.8 Å². The summed E-state index contributed by atoms with van der Waals surface area (Å²) >= 11 is 0. The second-order valence-corrected chi connectivity index (χ2v) is 10.2. The Balaban J connectivity index is 1.83. The standard InChI is InChI=1S/C28H32N3/c1-27(2)21-15-10-11-17-23(21)30(4)24(27)25-28(3,19-20-13-8-7-9-14-20)22-16-12-18-29-26(22)31(25,5)6/h7-18H,19H2,1-6H3/q+1/b25-24-. The van der Waals surface area contributed by atoms with Crippen molar-refractivity contribution in [3.05, 3.63) is 101 Å². The maximum Gasteiger partial charge on any atom is 0.236 e. The van der Waals surface area contributed by atoms with Crippen molar-refractivity contribution in [2.45, 2.75) is 38.0 Å². The molecule has 5 rings (SSSR count). The van der Waals surface area contributed by atoms with Crippen LogP contribution in [0.4, 0.5) is 11.5 Å². The van der Waals surface area contributed by atoms with Crippen LogP contribution < -0.4 is 9.38 Å². The van der Waals surface area contributed by atoms with Crippen LogP contribution in [0.5, 0.6) is 0 Å². The average Bonchev–Trinajstić information content (AvgIpc) is 3.05. The molecule has 158 valence electrons. The molecule has 1 aromatic heterocycles. The van der Waals surface area contributed by atoms with Crippen molar-refractivity contribution in [1.29, 1.82) is 0 Å². The van der Waals surface area contributed by atoms with E-state index in [1.54, 1.807) is 0 Å². The molecule has 0 bridgehead atoms. The van der Waals surface area contributed by atoms with E-state index in [1.165, 1.54) is 33.8 Å². The minimum absolute atomic E-state index is 0.0871. The smallest absolute Gasteiger partial charge is 0.236 e. The van der Waals surface area contributed by atoms with Gasteiger partial charge in [-0.3, -0.25) is 0 Å². The molecular formula is C28H32N3+. The van der Waals surface area contributed by atoms with Gasteiger partial charge in [0.15, 0.2) is 0 Å². The van der Waals surface area contributed by atoms with Gasteiger partial charge in [0.25, 0.3) is 0 Å². The number of pyridine rings is 1. The molecule has 0 radical (unpaired) electrons. The van der Waals surface area contributed by atoms with Crippen molar-refractivity contribution in [2.24, 2.45) is 0 Å². The highest BCUT2D eigenvalue weighted by molar-refractivity contribution is 5.75. The number of fused-ring (bicyclic) bond motifs is 2. The van der Waals surface area contributed by atoms with Gasteiger partial charge in [0.2, 0.25) is 5.82 Å². The maximum absolute atomic E-state index is 4.91. The molecule has 3 aromatic rings. The van der Waals surface area contributed by atoms with E-state index >= 15 is 0 Å². The maximum atomic E-state index is 4.91. The topological polar surface area (TPSA) is 16.1 Å². The quantitative estimate of drug-likeness (QED) is 0.496. The zero-order valence-electron chi connectivity index (χ0n) is 19.5. The number of quaternary nitrogens is 1. The number of anilines is 1. The third-order valence-electron chi connectivity index (χ3n) is 7.48. The summed E-state index contributed by atoms with van der Waals surface area (Å²) in [5.41, 5.74) is 7.99. The van der Waals surface area contributed by atoms with E-state index in [1.807, 2.05) is 6.20 Å². The van der Waals surface area contributed by atoms with Crippen LogP contribution in [-0.4, -0.2) is 26.1 Å². The summed E-state index contributed by atoms with van der Waals surface area (Å²) in [6.07, 6.45) is 2.89. The van der Waals surface area contributed by atoms with Gasteiger partial charge in [-0.05, 0) is 56.5 Å². The lowest BCUT2D eigenvalue weighted by atomic mass is 9.72. The monoisotopic (exact) mass is 410 g/mol. The summed E-state index contributed by atoms with van der Waals surface area (Å²) in [4.78, 5) is 7.34. The molecule has 3 heterocycles.